The maximum atomic E-state index is 12.4. The van der Waals surface area contributed by atoms with Crippen LogP contribution < -0.4 is 10.6 Å². The van der Waals surface area contributed by atoms with Gasteiger partial charge in [-0.1, -0.05) is 0 Å². The van der Waals surface area contributed by atoms with Crippen LogP contribution >= 0.6 is 0 Å². The number of aryl methyl sites for hydroxylation is 1. The number of aromatic nitrogens is 5. The minimum atomic E-state index is -4.35. The van der Waals surface area contributed by atoms with Gasteiger partial charge in [-0.15, -0.1) is 0 Å². The summed E-state index contributed by atoms with van der Waals surface area (Å²) in [5.41, 5.74) is 3.45. The number of rotatable bonds is 8. The van der Waals surface area contributed by atoms with Gasteiger partial charge in [0.05, 0.1) is 18.7 Å². The summed E-state index contributed by atoms with van der Waals surface area (Å²) in [7, 11) is 1.61. The molecule has 1 saturated carbocycles. The van der Waals surface area contributed by atoms with Crippen molar-refractivity contribution in [1.29, 1.82) is 0 Å². The Labute approximate surface area is 205 Å². The Morgan fingerprint density at radius 2 is 2.00 bits per heavy atom. The molecule has 3 aromatic heterocycles. The Kier molecular flexibility index (Phi) is 7.57. The zero-order valence-corrected chi connectivity index (χ0v) is 20.2. The van der Waals surface area contributed by atoms with Gasteiger partial charge < -0.3 is 20.1 Å². The fourth-order valence-electron chi connectivity index (χ4n) is 4.41. The summed E-state index contributed by atoms with van der Waals surface area (Å²) in [6, 6.07) is -1.05. The third kappa shape index (κ3) is 6.20. The third-order valence-electron chi connectivity index (χ3n) is 6.10. The number of alkyl halides is 3. The van der Waals surface area contributed by atoms with Gasteiger partial charge in [0.1, 0.15) is 11.6 Å². The second-order valence-corrected chi connectivity index (χ2v) is 8.94. The average molecular weight is 508 g/mol. The number of nitrogens with one attached hydrogen (secondary N) is 2. The van der Waals surface area contributed by atoms with Gasteiger partial charge in [-0.2, -0.15) is 18.3 Å². The SMILES string of the molecule is COCc1nn2ccnc(Nc3ncc([C@H]4CC[C@@H](OC(=O)N[C@@H](C)CC(F)(F)F)C4)cn3)c2c1C. The summed E-state index contributed by atoms with van der Waals surface area (Å²) < 4.78 is 49.6. The van der Waals surface area contributed by atoms with E-state index in [1.165, 1.54) is 6.92 Å². The highest BCUT2D eigenvalue weighted by atomic mass is 19.4. The summed E-state index contributed by atoms with van der Waals surface area (Å²) in [4.78, 5) is 25.2. The lowest BCUT2D eigenvalue weighted by atomic mass is 10.0. The molecule has 4 rings (SSSR count). The molecular formula is C23H28F3N7O3. The van der Waals surface area contributed by atoms with E-state index >= 15 is 0 Å². The predicted molar refractivity (Wildman–Crippen MR) is 124 cm³/mol. The van der Waals surface area contributed by atoms with E-state index in [0.29, 0.717) is 31.2 Å². The van der Waals surface area contributed by atoms with Crippen LogP contribution in [0.5, 0.6) is 0 Å². The van der Waals surface area contributed by atoms with Gasteiger partial charge in [-0.25, -0.2) is 24.3 Å². The highest BCUT2D eigenvalue weighted by Gasteiger charge is 2.32. The number of ether oxygens (including phenoxy) is 2. The number of hydrogen-bond acceptors (Lipinski definition) is 8. The van der Waals surface area contributed by atoms with Gasteiger partial charge in [-0.3, -0.25) is 0 Å². The van der Waals surface area contributed by atoms with E-state index in [0.717, 1.165) is 28.8 Å². The van der Waals surface area contributed by atoms with E-state index in [2.05, 4.69) is 30.7 Å². The first-order valence-electron chi connectivity index (χ1n) is 11.6. The van der Waals surface area contributed by atoms with Crippen molar-refractivity contribution < 1.29 is 27.4 Å². The second-order valence-electron chi connectivity index (χ2n) is 8.94. The largest absolute Gasteiger partial charge is 0.446 e. The molecule has 1 amide bonds. The third-order valence-corrected chi connectivity index (χ3v) is 6.10. The van der Waals surface area contributed by atoms with E-state index in [-0.39, 0.29) is 12.0 Å². The number of amides is 1. The maximum Gasteiger partial charge on any atom is 0.407 e. The molecule has 194 valence electrons. The lowest BCUT2D eigenvalue weighted by Gasteiger charge is -2.18. The van der Waals surface area contributed by atoms with Crippen molar-refractivity contribution in [2.75, 3.05) is 12.4 Å². The summed E-state index contributed by atoms with van der Waals surface area (Å²) in [6.45, 7) is 3.63. The Morgan fingerprint density at radius 3 is 2.69 bits per heavy atom. The molecule has 0 radical (unpaired) electrons. The zero-order chi connectivity index (χ0) is 25.9. The van der Waals surface area contributed by atoms with Gasteiger partial charge >= 0.3 is 12.3 Å². The normalized spacial score (nSPS) is 18.8. The number of carbonyl (C=O) groups excluding carboxylic acids is 1. The molecular weight excluding hydrogens is 479 g/mol. The van der Waals surface area contributed by atoms with Crippen molar-refractivity contribution >= 4 is 23.4 Å². The van der Waals surface area contributed by atoms with Crippen molar-refractivity contribution in [3.63, 3.8) is 0 Å². The molecule has 0 aromatic carbocycles. The molecule has 36 heavy (non-hydrogen) atoms. The minimum absolute atomic E-state index is 0.0830. The first-order valence-corrected chi connectivity index (χ1v) is 11.6. The number of hydrogen-bond donors (Lipinski definition) is 2. The molecule has 0 bridgehead atoms. The van der Waals surface area contributed by atoms with Gasteiger partial charge in [0, 0.05) is 43.5 Å². The highest BCUT2D eigenvalue weighted by Crippen LogP contribution is 2.36. The first-order chi connectivity index (χ1) is 17.1. The van der Waals surface area contributed by atoms with E-state index in [1.807, 2.05) is 6.92 Å². The van der Waals surface area contributed by atoms with Crippen LogP contribution in [0, 0.1) is 6.92 Å². The van der Waals surface area contributed by atoms with Crippen molar-refractivity contribution in [3.8, 4) is 0 Å². The van der Waals surface area contributed by atoms with E-state index in [1.54, 1.807) is 36.4 Å². The van der Waals surface area contributed by atoms with E-state index in [4.69, 9.17) is 9.47 Å². The lowest BCUT2D eigenvalue weighted by Crippen LogP contribution is -2.37. The predicted octanol–water partition coefficient (Wildman–Crippen LogP) is 4.42. The zero-order valence-electron chi connectivity index (χ0n) is 20.2. The summed E-state index contributed by atoms with van der Waals surface area (Å²) >= 11 is 0. The molecule has 3 heterocycles. The molecule has 0 unspecified atom stereocenters. The van der Waals surface area contributed by atoms with Gasteiger partial charge in [-0.05, 0) is 44.6 Å². The van der Waals surface area contributed by atoms with Gasteiger partial charge in [0.15, 0.2) is 5.82 Å². The van der Waals surface area contributed by atoms with Gasteiger partial charge in [0.2, 0.25) is 5.95 Å². The summed E-state index contributed by atoms with van der Waals surface area (Å²) in [5, 5.41) is 9.89. The Hall–Kier alpha value is -3.48. The molecule has 3 atom stereocenters. The Bertz CT molecular complexity index is 1200. The number of nitrogens with zero attached hydrogens (tertiary/aromatic N) is 5. The molecule has 1 aliphatic rings. The molecule has 0 aliphatic heterocycles. The van der Waals surface area contributed by atoms with Crippen LogP contribution in [0.1, 0.15) is 55.3 Å². The molecule has 0 saturated heterocycles. The summed E-state index contributed by atoms with van der Waals surface area (Å²) in [5.74, 6) is 1.02. The van der Waals surface area contributed by atoms with Crippen LogP contribution in [-0.4, -0.2) is 56.1 Å². The topological polar surface area (TPSA) is 116 Å². The quantitative estimate of drug-likeness (QED) is 0.460. The number of anilines is 2. The number of carbonyl (C=O) groups is 1. The standard InChI is InChI=1S/C23H28F3N7O3/c1-13(9-23(24,25)26)30-22(34)36-17-5-4-15(8-17)16-10-28-21(29-11-16)31-20-19-14(2)18(12-35-3)32-33(19)7-6-27-20/h6-7,10-11,13,15,17H,4-5,8-9,12H2,1-3H3,(H,30,34)(H,27,28,29,31)/t13-,15-,17+/m0/s1. The number of alkyl carbamates (subject to hydrolysis) is 1. The highest BCUT2D eigenvalue weighted by molar-refractivity contribution is 5.75. The van der Waals surface area contributed by atoms with Crippen LogP contribution in [0.25, 0.3) is 5.52 Å². The van der Waals surface area contributed by atoms with Crippen molar-refractivity contribution in [3.05, 3.63) is 41.6 Å². The molecule has 10 nitrogen and oxygen atoms in total. The van der Waals surface area contributed by atoms with Gasteiger partial charge in [0.25, 0.3) is 0 Å². The Balaban J connectivity index is 1.35. The molecule has 1 fully saturated rings. The van der Waals surface area contributed by atoms with Crippen LogP contribution in [0.4, 0.5) is 29.7 Å². The number of fused-ring (bicyclic) bond motifs is 1. The van der Waals surface area contributed by atoms with Crippen LogP contribution in [-0.2, 0) is 16.1 Å². The second kappa shape index (κ2) is 10.6. The Morgan fingerprint density at radius 1 is 1.25 bits per heavy atom. The molecule has 2 N–H and O–H groups in total. The van der Waals surface area contributed by atoms with Crippen molar-refractivity contribution in [2.24, 2.45) is 0 Å². The number of methoxy groups -OCH3 is 1. The molecule has 13 heteroatoms. The minimum Gasteiger partial charge on any atom is -0.446 e. The summed E-state index contributed by atoms with van der Waals surface area (Å²) in [6.07, 6.45) is 2.07. The van der Waals surface area contributed by atoms with Crippen molar-refractivity contribution in [2.45, 2.75) is 70.4 Å². The van der Waals surface area contributed by atoms with Crippen LogP contribution in [0.2, 0.25) is 0 Å². The monoisotopic (exact) mass is 507 g/mol. The van der Waals surface area contributed by atoms with E-state index in [9.17, 15) is 18.0 Å². The molecule has 0 spiro atoms. The van der Waals surface area contributed by atoms with Crippen molar-refractivity contribution in [1.82, 2.24) is 29.9 Å². The fourth-order valence-corrected chi connectivity index (χ4v) is 4.41. The average Bonchev–Trinajstić information content (AvgIpc) is 3.38. The number of halogens is 3. The molecule has 3 aromatic rings. The van der Waals surface area contributed by atoms with Crippen LogP contribution in [0.15, 0.2) is 24.8 Å². The lowest BCUT2D eigenvalue weighted by molar-refractivity contribution is -0.138. The maximum absolute atomic E-state index is 12.4. The fraction of sp³-hybridized carbons (Fsp3) is 0.522. The molecule has 1 aliphatic carbocycles. The van der Waals surface area contributed by atoms with E-state index < -0.39 is 24.7 Å². The smallest absolute Gasteiger partial charge is 0.407 e. The first kappa shape index (κ1) is 25.6. The van der Waals surface area contributed by atoms with Crippen LogP contribution in [0.3, 0.4) is 0 Å².